The highest BCUT2D eigenvalue weighted by Crippen LogP contribution is 2.14. The fraction of sp³-hybridized carbons (Fsp3) is 0.875. The Morgan fingerprint density at radius 3 is 2.25 bits per heavy atom. The van der Waals surface area contributed by atoms with Gasteiger partial charge in [0, 0.05) is 31.8 Å². The molecule has 0 heterocycles. The molecule has 0 atom stereocenters. The smallest absolute Gasteiger partial charge is 0.305 e. The maximum atomic E-state index is 11.5. The van der Waals surface area contributed by atoms with Crippen molar-refractivity contribution in [2.45, 2.75) is 72.3 Å². The van der Waals surface area contributed by atoms with Gasteiger partial charge in [-0.1, -0.05) is 13.8 Å². The van der Waals surface area contributed by atoms with Crippen molar-refractivity contribution in [2.75, 3.05) is 13.2 Å². The first-order chi connectivity index (χ1) is 9.28. The van der Waals surface area contributed by atoms with Crippen molar-refractivity contribution < 1.29 is 19.1 Å². The summed E-state index contributed by atoms with van der Waals surface area (Å²) in [6, 6.07) is 0. The van der Waals surface area contributed by atoms with E-state index in [2.05, 4.69) is 0 Å². The second kappa shape index (κ2) is 9.92. The summed E-state index contributed by atoms with van der Waals surface area (Å²) in [5, 5.41) is 0. The standard InChI is InChI=1S/C16H30O4/c1-6-20-16(4,5)11-12-19-15(18)10-8-7-9-14(17)13(2)3/h13H,6-12H2,1-5H3. The molecule has 20 heavy (non-hydrogen) atoms. The van der Waals surface area contributed by atoms with Gasteiger partial charge in [0.2, 0.25) is 0 Å². The van der Waals surface area contributed by atoms with Crippen molar-refractivity contribution in [2.24, 2.45) is 5.92 Å². The average Bonchev–Trinajstić information content (AvgIpc) is 2.33. The van der Waals surface area contributed by atoms with Gasteiger partial charge in [-0.25, -0.2) is 0 Å². The molecule has 0 unspecified atom stereocenters. The van der Waals surface area contributed by atoms with Crippen LogP contribution >= 0.6 is 0 Å². The topological polar surface area (TPSA) is 52.6 Å². The Bertz CT molecular complexity index is 295. The van der Waals surface area contributed by atoms with Gasteiger partial charge in [0.05, 0.1) is 12.2 Å². The second-order valence-corrected chi connectivity index (χ2v) is 5.99. The van der Waals surface area contributed by atoms with Crippen LogP contribution in [0.4, 0.5) is 0 Å². The number of ketones is 1. The van der Waals surface area contributed by atoms with Gasteiger partial charge in [-0.05, 0) is 33.6 Å². The summed E-state index contributed by atoms with van der Waals surface area (Å²) in [6.07, 6.45) is 3.11. The zero-order valence-corrected chi connectivity index (χ0v) is 13.7. The lowest BCUT2D eigenvalue weighted by Crippen LogP contribution is -2.26. The van der Waals surface area contributed by atoms with E-state index in [0.29, 0.717) is 38.9 Å². The first-order valence-corrected chi connectivity index (χ1v) is 7.60. The van der Waals surface area contributed by atoms with Crippen LogP contribution in [0.15, 0.2) is 0 Å². The van der Waals surface area contributed by atoms with Gasteiger partial charge in [-0.3, -0.25) is 9.59 Å². The zero-order chi connectivity index (χ0) is 15.6. The van der Waals surface area contributed by atoms with Crippen LogP contribution in [-0.4, -0.2) is 30.6 Å². The quantitative estimate of drug-likeness (QED) is 0.431. The van der Waals surface area contributed by atoms with Crippen molar-refractivity contribution in [1.29, 1.82) is 0 Å². The summed E-state index contributed by atoms with van der Waals surface area (Å²) in [5.74, 6) is 0.161. The number of hydrogen-bond acceptors (Lipinski definition) is 4. The zero-order valence-electron chi connectivity index (χ0n) is 13.7. The fourth-order valence-electron chi connectivity index (χ4n) is 1.80. The van der Waals surface area contributed by atoms with Crippen molar-refractivity contribution in [1.82, 2.24) is 0 Å². The number of carbonyl (C=O) groups is 2. The van der Waals surface area contributed by atoms with Gasteiger partial charge in [-0.15, -0.1) is 0 Å². The molecule has 118 valence electrons. The van der Waals surface area contributed by atoms with E-state index in [1.807, 2.05) is 34.6 Å². The largest absolute Gasteiger partial charge is 0.466 e. The Kier molecular flexibility index (Phi) is 9.47. The van der Waals surface area contributed by atoms with Crippen molar-refractivity contribution in [3.8, 4) is 0 Å². The molecule has 0 aliphatic heterocycles. The summed E-state index contributed by atoms with van der Waals surface area (Å²) in [6.45, 7) is 10.8. The van der Waals surface area contributed by atoms with Crippen LogP contribution in [0.2, 0.25) is 0 Å². The average molecular weight is 286 g/mol. The highest BCUT2D eigenvalue weighted by atomic mass is 16.5. The Morgan fingerprint density at radius 1 is 1.10 bits per heavy atom. The fourth-order valence-corrected chi connectivity index (χ4v) is 1.80. The molecule has 0 N–H and O–H groups in total. The van der Waals surface area contributed by atoms with E-state index >= 15 is 0 Å². The van der Waals surface area contributed by atoms with Gasteiger partial charge in [-0.2, -0.15) is 0 Å². The lowest BCUT2D eigenvalue weighted by molar-refractivity contribution is -0.145. The lowest BCUT2D eigenvalue weighted by atomic mass is 10.0. The SMILES string of the molecule is CCOC(C)(C)CCOC(=O)CCCCC(=O)C(C)C. The van der Waals surface area contributed by atoms with Gasteiger partial charge < -0.3 is 9.47 Å². The van der Waals surface area contributed by atoms with E-state index in [1.54, 1.807) is 0 Å². The van der Waals surface area contributed by atoms with Crippen LogP contribution in [-0.2, 0) is 19.1 Å². The molecule has 0 aromatic carbocycles. The molecule has 0 aliphatic carbocycles. The second-order valence-electron chi connectivity index (χ2n) is 5.99. The van der Waals surface area contributed by atoms with E-state index in [9.17, 15) is 9.59 Å². The van der Waals surface area contributed by atoms with Crippen LogP contribution in [0, 0.1) is 5.92 Å². The molecule has 0 radical (unpaired) electrons. The molecular weight excluding hydrogens is 256 g/mol. The highest BCUT2D eigenvalue weighted by molar-refractivity contribution is 5.80. The third-order valence-electron chi connectivity index (χ3n) is 3.20. The number of rotatable bonds is 11. The first kappa shape index (κ1) is 19.1. The molecule has 0 aliphatic rings. The number of Topliss-reactive ketones (excluding diaryl/α,β-unsaturated/α-hetero) is 1. The van der Waals surface area contributed by atoms with Gasteiger partial charge in [0.1, 0.15) is 5.78 Å². The first-order valence-electron chi connectivity index (χ1n) is 7.60. The summed E-state index contributed by atoms with van der Waals surface area (Å²) in [4.78, 5) is 22.9. The van der Waals surface area contributed by atoms with Gasteiger partial charge in [0.25, 0.3) is 0 Å². The lowest BCUT2D eigenvalue weighted by Gasteiger charge is -2.24. The molecule has 4 nitrogen and oxygen atoms in total. The summed E-state index contributed by atoms with van der Waals surface area (Å²) >= 11 is 0. The summed E-state index contributed by atoms with van der Waals surface area (Å²) in [7, 11) is 0. The molecule has 0 aromatic heterocycles. The van der Waals surface area contributed by atoms with Crippen molar-refractivity contribution >= 4 is 11.8 Å². The molecule has 0 fully saturated rings. The van der Waals surface area contributed by atoms with E-state index in [4.69, 9.17) is 9.47 Å². The molecule has 0 spiro atoms. The third-order valence-corrected chi connectivity index (χ3v) is 3.20. The normalized spacial score (nSPS) is 11.7. The molecular formula is C16H30O4. The van der Waals surface area contributed by atoms with Crippen LogP contribution < -0.4 is 0 Å². The monoisotopic (exact) mass is 286 g/mol. The maximum absolute atomic E-state index is 11.5. The van der Waals surface area contributed by atoms with Crippen LogP contribution in [0.3, 0.4) is 0 Å². The number of hydrogen-bond donors (Lipinski definition) is 0. The Labute approximate surface area is 123 Å². The van der Waals surface area contributed by atoms with Crippen LogP contribution in [0.5, 0.6) is 0 Å². The molecule has 0 rings (SSSR count). The predicted molar refractivity (Wildman–Crippen MR) is 79.6 cm³/mol. The minimum atomic E-state index is -0.251. The highest BCUT2D eigenvalue weighted by Gasteiger charge is 2.18. The Morgan fingerprint density at radius 2 is 1.70 bits per heavy atom. The summed E-state index contributed by atoms with van der Waals surface area (Å²) < 4.78 is 10.7. The van der Waals surface area contributed by atoms with Crippen molar-refractivity contribution in [3.05, 3.63) is 0 Å². The molecule has 0 saturated heterocycles. The van der Waals surface area contributed by atoms with Crippen LogP contribution in [0.1, 0.15) is 66.7 Å². The number of carbonyl (C=O) groups excluding carboxylic acids is 2. The van der Waals surface area contributed by atoms with E-state index in [-0.39, 0.29) is 23.3 Å². The predicted octanol–water partition coefficient (Wildman–Crippen LogP) is 3.52. The number of unbranched alkanes of at least 4 members (excludes halogenated alkanes) is 1. The van der Waals surface area contributed by atoms with Crippen LogP contribution in [0.25, 0.3) is 0 Å². The Hall–Kier alpha value is -0.900. The molecule has 0 saturated carbocycles. The third kappa shape index (κ3) is 9.96. The van der Waals surface area contributed by atoms with E-state index < -0.39 is 0 Å². The minimum Gasteiger partial charge on any atom is -0.466 e. The number of ether oxygens (including phenoxy) is 2. The molecule has 0 amide bonds. The van der Waals surface area contributed by atoms with E-state index in [0.717, 1.165) is 6.42 Å². The maximum Gasteiger partial charge on any atom is 0.305 e. The van der Waals surface area contributed by atoms with E-state index in [1.165, 1.54) is 0 Å². The van der Waals surface area contributed by atoms with Gasteiger partial charge >= 0.3 is 5.97 Å². The molecule has 0 bridgehead atoms. The Balaban J connectivity index is 3.62. The van der Waals surface area contributed by atoms with Gasteiger partial charge in [0.15, 0.2) is 0 Å². The number of esters is 1. The van der Waals surface area contributed by atoms with Crippen molar-refractivity contribution in [3.63, 3.8) is 0 Å². The molecule has 0 aromatic rings. The molecule has 4 heteroatoms. The minimum absolute atomic E-state index is 0.0859. The summed E-state index contributed by atoms with van der Waals surface area (Å²) in [5.41, 5.74) is -0.251.